The summed E-state index contributed by atoms with van der Waals surface area (Å²) in [6.07, 6.45) is 0. The topological polar surface area (TPSA) is 76.9 Å². The van der Waals surface area contributed by atoms with Crippen molar-refractivity contribution < 1.29 is 9.18 Å². The Balaban J connectivity index is 1.45. The van der Waals surface area contributed by atoms with E-state index in [1.165, 1.54) is 51.1 Å². The summed E-state index contributed by atoms with van der Waals surface area (Å²) in [7, 11) is 1.66. The van der Waals surface area contributed by atoms with Crippen LogP contribution in [0.2, 0.25) is 0 Å². The molecule has 0 aliphatic rings. The highest BCUT2D eigenvalue weighted by molar-refractivity contribution is 7.99. The van der Waals surface area contributed by atoms with Crippen molar-refractivity contribution in [2.45, 2.75) is 19.0 Å². The number of nitrogens with zero attached hydrogens (tertiary/aromatic N) is 3. The number of nitrogens with one attached hydrogen (secondary N) is 1. The predicted octanol–water partition coefficient (Wildman–Crippen LogP) is 4.61. The molecular weight excluding hydrogens is 443 g/mol. The SMILES string of the molecule is Cc1sc2nc(SCC(=O)Nc3nc(-c4ccc(F)cc4)cs3)n(C)c(=O)c2c1C. The average Bonchev–Trinajstić information content (AvgIpc) is 3.29. The van der Waals surface area contributed by atoms with Crippen LogP contribution in [0, 0.1) is 19.7 Å². The van der Waals surface area contributed by atoms with Crippen LogP contribution < -0.4 is 10.9 Å². The zero-order valence-electron chi connectivity index (χ0n) is 16.4. The van der Waals surface area contributed by atoms with Gasteiger partial charge in [0.15, 0.2) is 10.3 Å². The second-order valence-corrected chi connectivity index (χ2v) is 9.61. The number of aromatic nitrogens is 3. The lowest BCUT2D eigenvalue weighted by Gasteiger charge is -2.07. The molecule has 10 heteroatoms. The van der Waals surface area contributed by atoms with Crippen LogP contribution in [0.4, 0.5) is 9.52 Å². The normalized spacial score (nSPS) is 11.2. The standard InChI is InChI=1S/C20H17FN4O2S3/c1-10-11(2)30-17-16(10)18(27)25(3)20(24-17)29-9-15(26)23-19-22-14(8-28-19)12-4-6-13(21)7-5-12/h4-8H,9H2,1-3H3,(H,22,23,26). The Kier molecular flexibility index (Phi) is 5.72. The summed E-state index contributed by atoms with van der Waals surface area (Å²) >= 11 is 3.98. The highest BCUT2D eigenvalue weighted by atomic mass is 32.2. The van der Waals surface area contributed by atoms with E-state index in [9.17, 15) is 14.0 Å². The minimum atomic E-state index is -0.311. The summed E-state index contributed by atoms with van der Waals surface area (Å²) in [5.74, 6) is -0.456. The number of amides is 1. The number of anilines is 1. The first kappa shape index (κ1) is 20.7. The van der Waals surface area contributed by atoms with Gasteiger partial charge in [-0.25, -0.2) is 14.4 Å². The Morgan fingerprint density at radius 2 is 1.97 bits per heavy atom. The van der Waals surface area contributed by atoms with E-state index in [1.54, 1.807) is 24.6 Å². The third-order valence-electron chi connectivity index (χ3n) is 4.59. The van der Waals surface area contributed by atoms with Crippen molar-refractivity contribution in [3.8, 4) is 11.3 Å². The van der Waals surface area contributed by atoms with Gasteiger partial charge < -0.3 is 5.32 Å². The molecule has 0 atom stereocenters. The van der Waals surface area contributed by atoms with Crippen LogP contribution in [-0.4, -0.2) is 26.2 Å². The van der Waals surface area contributed by atoms with Gasteiger partial charge in [0.2, 0.25) is 5.91 Å². The van der Waals surface area contributed by atoms with Gasteiger partial charge in [0.05, 0.1) is 16.8 Å². The van der Waals surface area contributed by atoms with E-state index in [0.29, 0.717) is 26.2 Å². The molecule has 1 aromatic carbocycles. The van der Waals surface area contributed by atoms with Crippen LogP contribution in [0.15, 0.2) is 39.6 Å². The summed E-state index contributed by atoms with van der Waals surface area (Å²) in [5, 5.41) is 6.16. The molecule has 154 valence electrons. The molecule has 0 radical (unpaired) electrons. The average molecular weight is 461 g/mol. The quantitative estimate of drug-likeness (QED) is 0.348. The van der Waals surface area contributed by atoms with Crippen molar-refractivity contribution in [3.05, 3.63) is 56.3 Å². The number of rotatable bonds is 5. The van der Waals surface area contributed by atoms with Crippen LogP contribution in [0.1, 0.15) is 10.4 Å². The van der Waals surface area contributed by atoms with Gasteiger partial charge in [-0.3, -0.25) is 14.2 Å². The number of carbonyl (C=O) groups is 1. The van der Waals surface area contributed by atoms with Gasteiger partial charge in [-0.05, 0) is 43.7 Å². The molecule has 0 fully saturated rings. The molecule has 0 saturated heterocycles. The monoisotopic (exact) mass is 460 g/mol. The molecule has 4 rings (SSSR count). The number of hydrogen-bond acceptors (Lipinski definition) is 7. The molecule has 0 bridgehead atoms. The van der Waals surface area contributed by atoms with Crippen molar-refractivity contribution in [2.24, 2.45) is 7.05 Å². The molecule has 30 heavy (non-hydrogen) atoms. The zero-order chi connectivity index (χ0) is 21.4. The second-order valence-electron chi connectivity index (χ2n) is 6.60. The lowest BCUT2D eigenvalue weighted by Crippen LogP contribution is -2.21. The molecule has 1 amide bonds. The summed E-state index contributed by atoms with van der Waals surface area (Å²) in [4.78, 5) is 35.7. The zero-order valence-corrected chi connectivity index (χ0v) is 18.8. The first-order chi connectivity index (χ1) is 14.3. The van der Waals surface area contributed by atoms with Gasteiger partial charge >= 0.3 is 0 Å². The lowest BCUT2D eigenvalue weighted by molar-refractivity contribution is -0.113. The van der Waals surface area contributed by atoms with Gasteiger partial charge in [-0.2, -0.15) is 0 Å². The molecule has 0 aliphatic heterocycles. The third kappa shape index (κ3) is 4.03. The number of thiazole rings is 1. The number of benzene rings is 1. The van der Waals surface area contributed by atoms with Gasteiger partial charge in [-0.15, -0.1) is 22.7 Å². The van der Waals surface area contributed by atoms with Gasteiger partial charge in [0.1, 0.15) is 10.6 Å². The number of thioether (sulfide) groups is 1. The van der Waals surface area contributed by atoms with E-state index in [0.717, 1.165) is 16.0 Å². The number of halogens is 1. The van der Waals surface area contributed by atoms with Crippen molar-refractivity contribution in [2.75, 3.05) is 11.1 Å². The van der Waals surface area contributed by atoms with Crippen LogP contribution in [0.5, 0.6) is 0 Å². The summed E-state index contributed by atoms with van der Waals surface area (Å²) in [5.41, 5.74) is 2.30. The van der Waals surface area contributed by atoms with Crippen molar-refractivity contribution in [1.29, 1.82) is 0 Å². The van der Waals surface area contributed by atoms with Crippen molar-refractivity contribution >= 4 is 55.7 Å². The minimum Gasteiger partial charge on any atom is -0.301 e. The fourth-order valence-electron chi connectivity index (χ4n) is 2.85. The molecule has 4 aromatic rings. The maximum atomic E-state index is 13.1. The smallest absolute Gasteiger partial charge is 0.262 e. The molecule has 6 nitrogen and oxygen atoms in total. The van der Waals surface area contributed by atoms with Gasteiger partial charge in [0.25, 0.3) is 5.56 Å². The largest absolute Gasteiger partial charge is 0.301 e. The van der Waals surface area contributed by atoms with Crippen LogP contribution in [0.25, 0.3) is 21.5 Å². The molecule has 0 saturated carbocycles. The molecule has 1 N–H and O–H groups in total. The third-order valence-corrected chi connectivity index (χ3v) is 7.48. The number of hydrogen-bond donors (Lipinski definition) is 1. The number of fused-ring (bicyclic) bond motifs is 1. The second kappa shape index (κ2) is 8.29. The first-order valence-corrected chi connectivity index (χ1v) is 11.6. The van der Waals surface area contributed by atoms with E-state index in [1.807, 2.05) is 13.8 Å². The van der Waals surface area contributed by atoms with Crippen LogP contribution in [0.3, 0.4) is 0 Å². The van der Waals surface area contributed by atoms with E-state index in [2.05, 4.69) is 15.3 Å². The van der Waals surface area contributed by atoms with Crippen molar-refractivity contribution in [1.82, 2.24) is 14.5 Å². The Hall–Kier alpha value is -2.56. The van der Waals surface area contributed by atoms with Crippen LogP contribution >= 0.6 is 34.4 Å². The maximum absolute atomic E-state index is 13.1. The molecule has 0 unspecified atom stereocenters. The predicted molar refractivity (Wildman–Crippen MR) is 121 cm³/mol. The van der Waals surface area contributed by atoms with E-state index in [4.69, 9.17) is 0 Å². The minimum absolute atomic E-state index is 0.0978. The first-order valence-electron chi connectivity index (χ1n) is 8.94. The molecule has 3 heterocycles. The van der Waals surface area contributed by atoms with Gasteiger partial charge in [-0.1, -0.05) is 11.8 Å². The molecule has 0 aliphatic carbocycles. The number of aryl methyl sites for hydroxylation is 2. The van der Waals surface area contributed by atoms with Gasteiger partial charge in [0, 0.05) is 22.9 Å². The molecular formula is C20H17FN4O2S3. The lowest BCUT2D eigenvalue weighted by atomic mass is 10.2. The highest BCUT2D eigenvalue weighted by Gasteiger charge is 2.16. The maximum Gasteiger partial charge on any atom is 0.262 e. The summed E-state index contributed by atoms with van der Waals surface area (Å²) in [6, 6.07) is 6.02. The summed E-state index contributed by atoms with van der Waals surface area (Å²) < 4.78 is 14.5. The van der Waals surface area contributed by atoms with E-state index >= 15 is 0 Å². The Labute approximate surface area is 183 Å². The Morgan fingerprint density at radius 3 is 2.70 bits per heavy atom. The summed E-state index contributed by atoms with van der Waals surface area (Å²) in [6.45, 7) is 3.89. The fourth-order valence-corrected chi connectivity index (χ4v) is 5.43. The van der Waals surface area contributed by atoms with Crippen LogP contribution in [-0.2, 0) is 11.8 Å². The van der Waals surface area contributed by atoms with E-state index < -0.39 is 0 Å². The van der Waals surface area contributed by atoms with E-state index in [-0.39, 0.29) is 23.0 Å². The number of carbonyl (C=O) groups excluding carboxylic acids is 1. The Morgan fingerprint density at radius 1 is 1.23 bits per heavy atom. The molecule has 3 aromatic heterocycles. The number of thiophene rings is 1. The Bertz CT molecular complexity index is 1310. The van der Waals surface area contributed by atoms with Crippen molar-refractivity contribution in [3.63, 3.8) is 0 Å². The molecule has 0 spiro atoms. The highest BCUT2D eigenvalue weighted by Crippen LogP contribution is 2.28. The fraction of sp³-hybridized carbons (Fsp3) is 0.200.